The summed E-state index contributed by atoms with van der Waals surface area (Å²) in [7, 11) is -2.90. The van der Waals surface area contributed by atoms with E-state index in [1.807, 2.05) is 6.07 Å². The summed E-state index contributed by atoms with van der Waals surface area (Å²) in [5.41, 5.74) is 0.985. The molecule has 122 valence electrons. The van der Waals surface area contributed by atoms with E-state index in [2.05, 4.69) is 9.88 Å². The van der Waals surface area contributed by atoms with Crippen LogP contribution in [0.3, 0.4) is 0 Å². The first kappa shape index (κ1) is 16.2. The molecule has 1 aromatic rings. The highest BCUT2D eigenvalue weighted by molar-refractivity contribution is 7.91. The van der Waals surface area contributed by atoms with Crippen molar-refractivity contribution in [1.82, 2.24) is 9.88 Å². The molecule has 2 unspecified atom stereocenters. The van der Waals surface area contributed by atoms with Crippen LogP contribution in [-0.2, 0) is 21.1 Å². The minimum atomic E-state index is -2.90. The van der Waals surface area contributed by atoms with E-state index in [1.54, 1.807) is 12.4 Å². The van der Waals surface area contributed by atoms with Crippen LogP contribution in [0, 0.1) is 0 Å². The van der Waals surface area contributed by atoms with Crippen molar-refractivity contribution in [2.75, 3.05) is 24.7 Å². The van der Waals surface area contributed by atoms with Crippen molar-refractivity contribution in [2.45, 2.75) is 38.0 Å². The molecule has 2 aliphatic rings. The number of nitrogens with zero attached hydrogens (tertiary/aromatic N) is 2. The van der Waals surface area contributed by atoms with Crippen LogP contribution in [0.5, 0.6) is 0 Å². The van der Waals surface area contributed by atoms with Gasteiger partial charge in [0, 0.05) is 38.1 Å². The summed E-state index contributed by atoms with van der Waals surface area (Å²) in [5.74, 6) is 0.520. The van der Waals surface area contributed by atoms with Gasteiger partial charge in [0.1, 0.15) is 0 Å². The lowest BCUT2D eigenvalue weighted by molar-refractivity contribution is 0.0574. The highest BCUT2D eigenvalue weighted by Gasteiger charge is 2.34. The molecular weight excluding hydrogens is 324 g/mol. The third-order valence-electron chi connectivity index (χ3n) is 4.42. The number of hydrogen-bond acceptors (Lipinski definition) is 5. The van der Waals surface area contributed by atoms with Crippen LogP contribution < -0.4 is 0 Å². The topological polar surface area (TPSA) is 59.5 Å². The summed E-state index contributed by atoms with van der Waals surface area (Å²) in [6.45, 7) is 2.21. The zero-order valence-corrected chi connectivity index (χ0v) is 14.0. The van der Waals surface area contributed by atoms with E-state index in [4.69, 9.17) is 16.3 Å². The van der Waals surface area contributed by atoms with Crippen LogP contribution in [0.2, 0.25) is 5.02 Å². The number of hydrogen-bond donors (Lipinski definition) is 0. The number of halogens is 1. The van der Waals surface area contributed by atoms with Crippen molar-refractivity contribution in [3.63, 3.8) is 0 Å². The summed E-state index contributed by atoms with van der Waals surface area (Å²) in [5, 5.41) is 0.626. The molecule has 2 atom stereocenters. The molecule has 1 aromatic heterocycles. The molecule has 3 rings (SSSR count). The fourth-order valence-corrected chi connectivity index (χ4v) is 5.15. The van der Waals surface area contributed by atoms with Crippen molar-refractivity contribution < 1.29 is 13.2 Å². The lowest BCUT2D eigenvalue weighted by Crippen LogP contribution is -2.40. The molecule has 0 saturated carbocycles. The first-order valence-electron chi connectivity index (χ1n) is 7.68. The Kier molecular flexibility index (Phi) is 5.02. The molecule has 0 spiro atoms. The van der Waals surface area contributed by atoms with E-state index in [0.29, 0.717) is 18.0 Å². The Morgan fingerprint density at radius 1 is 1.41 bits per heavy atom. The summed E-state index contributed by atoms with van der Waals surface area (Å²) < 4.78 is 29.3. The maximum Gasteiger partial charge on any atom is 0.151 e. The molecule has 3 heterocycles. The highest BCUT2D eigenvalue weighted by Crippen LogP contribution is 2.25. The lowest BCUT2D eigenvalue weighted by Gasteiger charge is -2.30. The smallest absolute Gasteiger partial charge is 0.151 e. The van der Waals surface area contributed by atoms with Gasteiger partial charge in [-0.15, -0.1) is 0 Å². The Labute approximate surface area is 136 Å². The van der Waals surface area contributed by atoms with Crippen LogP contribution in [-0.4, -0.2) is 55.1 Å². The molecule has 2 fully saturated rings. The fourth-order valence-electron chi connectivity index (χ4n) is 3.21. The van der Waals surface area contributed by atoms with Gasteiger partial charge in [0.2, 0.25) is 0 Å². The molecule has 0 bridgehead atoms. The average Bonchev–Trinajstić information content (AvgIpc) is 3.10. The zero-order valence-electron chi connectivity index (χ0n) is 12.4. The Hall–Kier alpha value is -0.690. The van der Waals surface area contributed by atoms with Gasteiger partial charge in [-0.3, -0.25) is 9.88 Å². The molecule has 0 aromatic carbocycles. The number of aromatic nitrogens is 1. The van der Waals surface area contributed by atoms with E-state index >= 15 is 0 Å². The molecule has 2 saturated heterocycles. The Morgan fingerprint density at radius 2 is 2.27 bits per heavy atom. The maximum atomic E-state index is 11.8. The SMILES string of the molecule is O=S1(=O)CCC(N(Cc2ccncc2Cl)CC2CCCO2)C1. The second-order valence-electron chi connectivity index (χ2n) is 6.09. The van der Waals surface area contributed by atoms with Crippen LogP contribution in [0.4, 0.5) is 0 Å². The van der Waals surface area contributed by atoms with Gasteiger partial charge in [0.25, 0.3) is 0 Å². The first-order chi connectivity index (χ1) is 10.5. The molecule has 0 amide bonds. The molecule has 0 N–H and O–H groups in total. The molecule has 22 heavy (non-hydrogen) atoms. The molecule has 0 radical (unpaired) electrons. The van der Waals surface area contributed by atoms with E-state index in [9.17, 15) is 8.42 Å². The van der Waals surface area contributed by atoms with Crippen molar-refractivity contribution in [3.05, 3.63) is 29.0 Å². The number of rotatable bonds is 5. The van der Waals surface area contributed by atoms with Gasteiger partial charge in [-0.25, -0.2) is 8.42 Å². The quantitative estimate of drug-likeness (QED) is 0.816. The highest BCUT2D eigenvalue weighted by atomic mass is 35.5. The predicted octanol–water partition coefficient (Wildman–Crippen LogP) is 1.90. The van der Waals surface area contributed by atoms with Crippen LogP contribution in [0.25, 0.3) is 0 Å². The zero-order chi connectivity index (χ0) is 15.6. The van der Waals surface area contributed by atoms with Crippen LogP contribution in [0.15, 0.2) is 18.5 Å². The fraction of sp³-hybridized carbons (Fsp3) is 0.667. The monoisotopic (exact) mass is 344 g/mol. The van der Waals surface area contributed by atoms with E-state index in [-0.39, 0.29) is 23.7 Å². The van der Waals surface area contributed by atoms with Crippen molar-refractivity contribution in [3.8, 4) is 0 Å². The molecule has 2 aliphatic heterocycles. The summed E-state index contributed by atoms with van der Waals surface area (Å²) in [6.07, 6.45) is 6.36. The van der Waals surface area contributed by atoms with Crippen molar-refractivity contribution in [2.24, 2.45) is 0 Å². The Balaban J connectivity index is 1.75. The van der Waals surface area contributed by atoms with Gasteiger partial charge in [-0.2, -0.15) is 0 Å². The molecular formula is C15H21ClN2O3S. The van der Waals surface area contributed by atoms with Gasteiger partial charge in [0.15, 0.2) is 9.84 Å². The minimum absolute atomic E-state index is 0.0541. The summed E-state index contributed by atoms with van der Waals surface area (Å²) >= 11 is 6.21. The van der Waals surface area contributed by atoms with E-state index in [0.717, 1.165) is 31.6 Å². The van der Waals surface area contributed by atoms with E-state index < -0.39 is 9.84 Å². The number of pyridine rings is 1. The van der Waals surface area contributed by atoms with Gasteiger partial charge < -0.3 is 4.74 Å². The normalized spacial score (nSPS) is 27.5. The standard InChI is InChI=1S/C15H21ClN2O3S/c16-15-8-17-5-3-12(15)9-18(10-14-2-1-6-21-14)13-4-7-22(19,20)11-13/h3,5,8,13-14H,1-2,4,6-7,9-11H2. The second kappa shape index (κ2) is 6.83. The summed E-state index contributed by atoms with van der Waals surface area (Å²) in [4.78, 5) is 6.23. The predicted molar refractivity (Wildman–Crippen MR) is 85.7 cm³/mol. The van der Waals surface area contributed by atoms with Crippen LogP contribution in [0.1, 0.15) is 24.8 Å². The second-order valence-corrected chi connectivity index (χ2v) is 8.72. The lowest BCUT2D eigenvalue weighted by atomic mass is 10.1. The largest absolute Gasteiger partial charge is 0.377 e. The van der Waals surface area contributed by atoms with Crippen molar-refractivity contribution >= 4 is 21.4 Å². The van der Waals surface area contributed by atoms with Gasteiger partial charge in [0.05, 0.1) is 22.6 Å². The molecule has 5 nitrogen and oxygen atoms in total. The molecule has 0 aliphatic carbocycles. The third kappa shape index (κ3) is 3.98. The van der Waals surface area contributed by atoms with Gasteiger partial charge >= 0.3 is 0 Å². The maximum absolute atomic E-state index is 11.8. The Bertz CT molecular complexity index is 617. The Morgan fingerprint density at radius 3 is 2.91 bits per heavy atom. The number of ether oxygens (including phenoxy) is 1. The minimum Gasteiger partial charge on any atom is -0.377 e. The number of sulfone groups is 1. The van der Waals surface area contributed by atoms with E-state index in [1.165, 1.54) is 0 Å². The first-order valence-corrected chi connectivity index (χ1v) is 9.88. The summed E-state index contributed by atoms with van der Waals surface area (Å²) in [6, 6.07) is 1.95. The van der Waals surface area contributed by atoms with Gasteiger partial charge in [-0.1, -0.05) is 11.6 Å². The third-order valence-corrected chi connectivity index (χ3v) is 6.51. The average molecular weight is 345 g/mol. The van der Waals surface area contributed by atoms with Crippen molar-refractivity contribution in [1.29, 1.82) is 0 Å². The van der Waals surface area contributed by atoms with Gasteiger partial charge in [-0.05, 0) is 30.9 Å². The van der Waals surface area contributed by atoms with Crippen LogP contribution >= 0.6 is 11.6 Å². The molecule has 7 heteroatoms.